The van der Waals surface area contributed by atoms with Gasteiger partial charge in [-0.25, -0.2) is 0 Å². The van der Waals surface area contributed by atoms with E-state index >= 15 is 0 Å². The van der Waals surface area contributed by atoms with Crippen LogP contribution >= 0.6 is 0 Å². The Labute approximate surface area is 68.6 Å². The molecule has 0 saturated heterocycles. The predicted octanol–water partition coefficient (Wildman–Crippen LogP) is -1.52. The van der Waals surface area contributed by atoms with Crippen LogP contribution in [0.2, 0.25) is 0 Å². The van der Waals surface area contributed by atoms with Crippen molar-refractivity contribution in [2.45, 2.75) is 25.2 Å². The first-order valence-corrected chi connectivity index (χ1v) is 3.45. The van der Waals surface area contributed by atoms with Crippen molar-refractivity contribution in [2.24, 2.45) is 0 Å². The van der Waals surface area contributed by atoms with Crippen LogP contribution in [0.15, 0.2) is 11.3 Å². The van der Waals surface area contributed by atoms with Crippen molar-refractivity contribution in [2.75, 3.05) is 0 Å². The van der Waals surface area contributed by atoms with Crippen LogP contribution in [-0.4, -0.2) is 44.5 Å². The number of Topliss-reactive ketones (excluding diaryl/α,β-unsaturated/α-hetero) is 1. The van der Waals surface area contributed by atoms with Gasteiger partial charge in [0.2, 0.25) is 0 Å². The lowest BCUT2D eigenvalue weighted by molar-refractivity contribution is -0.138. The first-order valence-electron chi connectivity index (χ1n) is 3.45. The van der Waals surface area contributed by atoms with E-state index in [0.717, 1.165) is 0 Å². The van der Waals surface area contributed by atoms with Crippen LogP contribution in [-0.2, 0) is 4.79 Å². The molecule has 0 heterocycles. The van der Waals surface area contributed by atoms with E-state index in [1.54, 1.807) is 0 Å². The Balaban J connectivity index is 3.08. The maximum Gasteiger partial charge on any atom is 0.193 e. The molecule has 4 N–H and O–H groups in total. The molecule has 0 amide bonds. The van der Waals surface area contributed by atoms with Gasteiger partial charge in [0, 0.05) is 5.57 Å². The van der Waals surface area contributed by atoms with E-state index in [-0.39, 0.29) is 5.57 Å². The molecule has 5 heteroatoms. The quantitative estimate of drug-likeness (QED) is 0.357. The molecule has 1 aliphatic rings. The highest BCUT2D eigenvalue weighted by Crippen LogP contribution is 2.20. The lowest BCUT2D eigenvalue weighted by Gasteiger charge is -2.27. The Bertz CT molecular complexity index is 244. The molecular weight excluding hydrogens is 164 g/mol. The van der Waals surface area contributed by atoms with Crippen molar-refractivity contribution in [1.82, 2.24) is 0 Å². The number of hydrogen-bond donors (Lipinski definition) is 4. The lowest BCUT2D eigenvalue weighted by atomic mass is 9.90. The van der Waals surface area contributed by atoms with E-state index in [1.807, 2.05) is 0 Å². The fourth-order valence-corrected chi connectivity index (χ4v) is 1.06. The predicted molar refractivity (Wildman–Crippen MR) is 38.4 cm³/mol. The van der Waals surface area contributed by atoms with E-state index < -0.39 is 29.9 Å². The number of aliphatic hydroxyl groups is 4. The number of carbonyl (C=O) groups excluding carboxylic acids is 1. The molecular formula is C7H10O5. The molecule has 1 rings (SSSR count). The molecule has 0 fully saturated rings. The molecule has 0 spiro atoms. The molecule has 68 valence electrons. The summed E-state index contributed by atoms with van der Waals surface area (Å²) in [5.41, 5.74) is -0.111. The largest absolute Gasteiger partial charge is 0.509 e. The van der Waals surface area contributed by atoms with Crippen LogP contribution in [0.3, 0.4) is 0 Å². The molecule has 0 aromatic heterocycles. The number of ketones is 1. The van der Waals surface area contributed by atoms with Crippen LogP contribution in [0.1, 0.15) is 6.92 Å². The Kier molecular flexibility index (Phi) is 2.18. The molecule has 0 aromatic carbocycles. The van der Waals surface area contributed by atoms with E-state index in [2.05, 4.69) is 0 Å². The second kappa shape index (κ2) is 2.85. The monoisotopic (exact) mass is 174 g/mol. The fourth-order valence-electron chi connectivity index (χ4n) is 1.06. The summed E-state index contributed by atoms with van der Waals surface area (Å²) in [6.45, 7) is 1.27. The van der Waals surface area contributed by atoms with Crippen molar-refractivity contribution >= 4 is 5.78 Å². The van der Waals surface area contributed by atoms with E-state index in [0.29, 0.717) is 0 Å². The van der Waals surface area contributed by atoms with Crippen molar-refractivity contribution < 1.29 is 25.2 Å². The average Bonchev–Trinajstić information content (AvgIpc) is 2.08. The van der Waals surface area contributed by atoms with Gasteiger partial charge in [0.15, 0.2) is 5.78 Å². The second-order valence-corrected chi connectivity index (χ2v) is 2.75. The van der Waals surface area contributed by atoms with Crippen molar-refractivity contribution in [3.05, 3.63) is 11.3 Å². The molecule has 1 aliphatic carbocycles. The molecule has 0 aliphatic heterocycles. The van der Waals surface area contributed by atoms with Crippen LogP contribution in [0, 0.1) is 0 Å². The molecule has 0 bridgehead atoms. The van der Waals surface area contributed by atoms with Gasteiger partial charge in [-0.2, -0.15) is 0 Å². The summed E-state index contributed by atoms with van der Waals surface area (Å²) in [5.74, 6) is -1.33. The summed E-state index contributed by atoms with van der Waals surface area (Å²) < 4.78 is 0. The van der Waals surface area contributed by atoms with E-state index in [4.69, 9.17) is 20.4 Å². The molecule has 3 atom stereocenters. The third-order valence-electron chi connectivity index (χ3n) is 1.95. The minimum atomic E-state index is -1.64. The minimum absolute atomic E-state index is 0.111. The Morgan fingerprint density at radius 3 is 2.17 bits per heavy atom. The summed E-state index contributed by atoms with van der Waals surface area (Å²) in [6, 6.07) is 0. The minimum Gasteiger partial charge on any atom is -0.509 e. The first kappa shape index (κ1) is 9.18. The van der Waals surface area contributed by atoms with Gasteiger partial charge in [-0.1, -0.05) is 0 Å². The lowest BCUT2D eigenvalue weighted by Crippen LogP contribution is -2.48. The maximum absolute atomic E-state index is 11.0. The highest BCUT2D eigenvalue weighted by molar-refractivity contribution is 6.00. The molecule has 0 radical (unpaired) electrons. The zero-order chi connectivity index (χ0) is 9.46. The third-order valence-corrected chi connectivity index (χ3v) is 1.95. The highest BCUT2D eigenvalue weighted by atomic mass is 16.4. The smallest absolute Gasteiger partial charge is 0.193 e. The standard InChI is InChI=1S/C7H10O5/c1-2-3(8)5(10)7(12)6(11)4(2)9/h5-8,10-12H,1H3. The van der Waals surface area contributed by atoms with Crippen LogP contribution < -0.4 is 0 Å². The number of aliphatic hydroxyl groups excluding tert-OH is 4. The van der Waals surface area contributed by atoms with Crippen molar-refractivity contribution in [1.29, 1.82) is 0 Å². The Hall–Kier alpha value is -0.910. The van der Waals surface area contributed by atoms with Gasteiger partial charge in [0.1, 0.15) is 24.1 Å². The Morgan fingerprint density at radius 2 is 1.67 bits per heavy atom. The van der Waals surface area contributed by atoms with Gasteiger partial charge in [-0.05, 0) is 6.92 Å². The van der Waals surface area contributed by atoms with Crippen LogP contribution in [0.5, 0.6) is 0 Å². The SMILES string of the molecule is CC1=C(O)C(O)C(O)C(O)C1=O. The van der Waals surface area contributed by atoms with Gasteiger partial charge in [0.25, 0.3) is 0 Å². The van der Waals surface area contributed by atoms with Gasteiger partial charge >= 0.3 is 0 Å². The normalized spacial score (nSPS) is 37.3. The number of hydrogen-bond acceptors (Lipinski definition) is 5. The maximum atomic E-state index is 11.0. The molecule has 0 aromatic rings. The number of carbonyl (C=O) groups is 1. The second-order valence-electron chi connectivity index (χ2n) is 2.75. The zero-order valence-electron chi connectivity index (χ0n) is 6.43. The summed E-state index contributed by atoms with van der Waals surface area (Å²) >= 11 is 0. The Morgan fingerprint density at radius 1 is 1.17 bits per heavy atom. The van der Waals surface area contributed by atoms with Gasteiger partial charge in [-0.3, -0.25) is 4.79 Å². The van der Waals surface area contributed by atoms with Gasteiger partial charge in [-0.15, -0.1) is 0 Å². The summed E-state index contributed by atoms with van der Waals surface area (Å²) in [7, 11) is 0. The average molecular weight is 174 g/mol. The van der Waals surface area contributed by atoms with E-state index in [9.17, 15) is 4.79 Å². The topological polar surface area (TPSA) is 98.0 Å². The van der Waals surface area contributed by atoms with Gasteiger partial charge in [0.05, 0.1) is 0 Å². The van der Waals surface area contributed by atoms with E-state index in [1.165, 1.54) is 6.92 Å². The van der Waals surface area contributed by atoms with Crippen molar-refractivity contribution in [3.8, 4) is 0 Å². The van der Waals surface area contributed by atoms with Crippen LogP contribution in [0.4, 0.5) is 0 Å². The number of rotatable bonds is 0. The fraction of sp³-hybridized carbons (Fsp3) is 0.571. The molecule has 3 unspecified atom stereocenters. The van der Waals surface area contributed by atoms with Gasteiger partial charge < -0.3 is 20.4 Å². The van der Waals surface area contributed by atoms with Crippen LogP contribution in [0.25, 0.3) is 0 Å². The summed E-state index contributed by atoms with van der Waals surface area (Å²) in [5, 5.41) is 36.1. The molecule has 5 nitrogen and oxygen atoms in total. The summed E-state index contributed by atoms with van der Waals surface area (Å²) in [6.07, 6.45) is -4.85. The molecule has 0 saturated carbocycles. The first-order chi connectivity index (χ1) is 5.46. The molecule has 12 heavy (non-hydrogen) atoms. The third kappa shape index (κ3) is 1.12. The zero-order valence-corrected chi connectivity index (χ0v) is 6.43. The summed E-state index contributed by atoms with van der Waals surface area (Å²) in [4.78, 5) is 11.0. The highest BCUT2D eigenvalue weighted by Gasteiger charge is 2.39. The van der Waals surface area contributed by atoms with Crippen molar-refractivity contribution in [3.63, 3.8) is 0 Å².